The third-order valence-electron chi connectivity index (χ3n) is 3.39. The van der Waals surface area contributed by atoms with Gasteiger partial charge < -0.3 is 10.6 Å². The number of aromatic nitrogens is 1. The molecule has 0 unspecified atom stereocenters. The first kappa shape index (κ1) is 14.9. The van der Waals surface area contributed by atoms with Crippen LogP contribution in [0.2, 0.25) is 10.0 Å². The maximum absolute atomic E-state index is 6.19. The summed E-state index contributed by atoms with van der Waals surface area (Å²) in [5.74, 6) is 0.840. The number of anilines is 1. The normalized spacial score (nSPS) is 16.9. The first-order valence-electron chi connectivity index (χ1n) is 6.69. The molecule has 1 aliphatic heterocycles. The Hall–Kier alpha value is -0.550. The lowest BCUT2D eigenvalue weighted by molar-refractivity contribution is 0.253. The topological polar surface area (TPSA) is 45.4 Å². The van der Waals surface area contributed by atoms with E-state index in [-0.39, 0.29) is 0 Å². The van der Waals surface area contributed by atoms with E-state index in [1.54, 1.807) is 12.3 Å². The highest BCUT2D eigenvalue weighted by Gasteiger charge is 2.19. The van der Waals surface area contributed by atoms with Gasteiger partial charge in [0.1, 0.15) is 5.82 Å². The molecule has 0 bridgehead atoms. The summed E-state index contributed by atoms with van der Waals surface area (Å²) in [5, 5.41) is 1.21. The van der Waals surface area contributed by atoms with Crippen LogP contribution in [0.3, 0.4) is 0 Å². The van der Waals surface area contributed by atoms with E-state index in [1.807, 2.05) is 0 Å². The molecule has 2 N–H and O–H groups in total. The molecule has 19 heavy (non-hydrogen) atoms. The maximum Gasteiger partial charge on any atom is 0.147 e. The lowest BCUT2D eigenvalue weighted by atomic mass is 10.2. The summed E-state index contributed by atoms with van der Waals surface area (Å²) in [6.07, 6.45) is 3.93. The minimum atomic E-state index is 0.578. The van der Waals surface area contributed by atoms with Crippen LogP contribution >= 0.6 is 23.2 Å². The number of pyridine rings is 1. The molecule has 106 valence electrons. The van der Waals surface area contributed by atoms with Crippen LogP contribution in [0.25, 0.3) is 0 Å². The predicted molar refractivity (Wildman–Crippen MR) is 81.2 cm³/mol. The molecule has 0 radical (unpaired) electrons. The van der Waals surface area contributed by atoms with E-state index in [9.17, 15) is 0 Å². The second-order valence-electron chi connectivity index (χ2n) is 4.78. The summed E-state index contributed by atoms with van der Waals surface area (Å²) in [6, 6.07) is 1.75. The van der Waals surface area contributed by atoms with Gasteiger partial charge in [-0.15, -0.1) is 0 Å². The number of hydrogen-bond acceptors (Lipinski definition) is 4. The molecule has 0 saturated carbocycles. The Kier molecular flexibility index (Phi) is 5.70. The summed E-state index contributed by atoms with van der Waals surface area (Å²) >= 11 is 12.1. The highest BCUT2D eigenvalue weighted by molar-refractivity contribution is 6.36. The molecule has 1 fully saturated rings. The van der Waals surface area contributed by atoms with Crippen LogP contribution in [0.4, 0.5) is 5.82 Å². The Morgan fingerprint density at radius 2 is 1.89 bits per heavy atom. The van der Waals surface area contributed by atoms with Gasteiger partial charge in [0.05, 0.1) is 10.0 Å². The fourth-order valence-electron chi connectivity index (χ4n) is 2.30. The molecule has 2 heterocycles. The van der Waals surface area contributed by atoms with Gasteiger partial charge in [-0.25, -0.2) is 4.98 Å². The molecule has 0 spiro atoms. The van der Waals surface area contributed by atoms with Crippen LogP contribution in [0.15, 0.2) is 12.3 Å². The van der Waals surface area contributed by atoms with Crippen molar-refractivity contribution in [3.63, 3.8) is 0 Å². The first-order chi connectivity index (χ1) is 9.20. The van der Waals surface area contributed by atoms with E-state index in [0.29, 0.717) is 10.0 Å². The van der Waals surface area contributed by atoms with Gasteiger partial charge in [-0.3, -0.25) is 4.90 Å². The minimum Gasteiger partial charge on any atom is -0.353 e. The van der Waals surface area contributed by atoms with E-state index in [2.05, 4.69) is 14.8 Å². The molecule has 1 aromatic rings. The Bertz CT molecular complexity index is 406. The quantitative estimate of drug-likeness (QED) is 0.848. The zero-order valence-corrected chi connectivity index (χ0v) is 12.5. The number of unbranched alkanes of at least 4 members (excludes halogenated alkanes) is 1. The largest absolute Gasteiger partial charge is 0.353 e. The van der Waals surface area contributed by atoms with Gasteiger partial charge in [0, 0.05) is 32.4 Å². The number of nitrogens with two attached hydrogens (primary N) is 1. The molecule has 4 nitrogen and oxygen atoms in total. The fourth-order valence-corrected chi connectivity index (χ4v) is 2.80. The Balaban J connectivity index is 1.85. The molecule has 0 aliphatic carbocycles. The summed E-state index contributed by atoms with van der Waals surface area (Å²) in [4.78, 5) is 9.02. The smallest absolute Gasteiger partial charge is 0.147 e. The monoisotopic (exact) mass is 302 g/mol. The Morgan fingerprint density at radius 1 is 1.16 bits per heavy atom. The van der Waals surface area contributed by atoms with Crippen molar-refractivity contribution in [1.82, 2.24) is 9.88 Å². The fraction of sp³-hybridized carbons (Fsp3) is 0.615. The van der Waals surface area contributed by atoms with Crippen molar-refractivity contribution in [2.45, 2.75) is 12.8 Å². The van der Waals surface area contributed by atoms with Crippen molar-refractivity contribution >= 4 is 29.0 Å². The van der Waals surface area contributed by atoms with E-state index in [1.165, 1.54) is 6.42 Å². The molecule has 2 rings (SSSR count). The van der Waals surface area contributed by atoms with Crippen LogP contribution in [0.1, 0.15) is 12.8 Å². The molecule has 6 heteroatoms. The van der Waals surface area contributed by atoms with Gasteiger partial charge in [0.25, 0.3) is 0 Å². The third-order valence-corrected chi connectivity index (χ3v) is 3.87. The van der Waals surface area contributed by atoms with E-state index < -0.39 is 0 Å². The minimum absolute atomic E-state index is 0.578. The van der Waals surface area contributed by atoms with Gasteiger partial charge in [-0.1, -0.05) is 23.2 Å². The third kappa shape index (κ3) is 4.21. The molecular weight excluding hydrogens is 283 g/mol. The van der Waals surface area contributed by atoms with Crippen LogP contribution < -0.4 is 10.6 Å². The Morgan fingerprint density at radius 3 is 2.53 bits per heavy atom. The summed E-state index contributed by atoms with van der Waals surface area (Å²) in [6.45, 7) is 5.92. The Labute approximate surface area is 124 Å². The van der Waals surface area contributed by atoms with Crippen LogP contribution in [0, 0.1) is 0 Å². The number of hydrogen-bond donors (Lipinski definition) is 1. The summed E-state index contributed by atoms with van der Waals surface area (Å²) in [5.41, 5.74) is 5.51. The van der Waals surface area contributed by atoms with Crippen molar-refractivity contribution in [2.24, 2.45) is 5.73 Å². The van der Waals surface area contributed by atoms with Gasteiger partial charge in [-0.05, 0) is 32.0 Å². The van der Waals surface area contributed by atoms with Gasteiger partial charge in [-0.2, -0.15) is 0 Å². The lowest BCUT2D eigenvalue weighted by Gasteiger charge is -2.35. The van der Waals surface area contributed by atoms with Crippen LogP contribution in [-0.4, -0.2) is 49.2 Å². The second-order valence-corrected chi connectivity index (χ2v) is 5.63. The SMILES string of the molecule is NCCCCN1CCN(c2ncc(Cl)cc2Cl)CC1. The summed E-state index contributed by atoms with van der Waals surface area (Å²) < 4.78 is 0. The van der Waals surface area contributed by atoms with Crippen molar-refractivity contribution in [3.05, 3.63) is 22.3 Å². The van der Waals surface area contributed by atoms with Crippen molar-refractivity contribution in [2.75, 3.05) is 44.2 Å². The van der Waals surface area contributed by atoms with Crippen molar-refractivity contribution < 1.29 is 0 Å². The summed E-state index contributed by atoms with van der Waals surface area (Å²) in [7, 11) is 0. The molecule has 1 saturated heterocycles. The van der Waals surface area contributed by atoms with Crippen molar-refractivity contribution in [1.29, 1.82) is 0 Å². The highest BCUT2D eigenvalue weighted by Crippen LogP contribution is 2.26. The second kappa shape index (κ2) is 7.29. The van der Waals surface area contributed by atoms with Crippen LogP contribution in [0.5, 0.6) is 0 Å². The standard InChI is InChI=1S/C13H20Cl2N4/c14-11-9-12(15)13(17-10-11)19-7-5-18(6-8-19)4-2-1-3-16/h9-10H,1-8,16H2. The molecule has 1 aliphatic rings. The first-order valence-corrected chi connectivity index (χ1v) is 7.44. The van der Waals surface area contributed by atoms with Crippen molar-refractivity contribution in [3.8, 4) is 0 Å². The van der Waals surface area contributed by atoms with E-state index in [0.717, 1.165) is 51.5 Å². The zero-order chi connectivity index (χ0) is 13.7. The van der Waals surface area contributed by atoms with E-state index >= 15 is 0 Å². The molecular formula is C13H20Cl2N4. The number of nitrogens with zero attached hydrogens (tertiary/aromatic N) is 3. The van der Waals surface area contributed by atoms with Gasteiger partial charge in [0.15, 0.2) is 0 Å². The molecule has 0 aromatic carbocycles. The molecule has 0 amide bonds. The van der Waals surface area contributed by atoms with E-state index in [4.69, 9.17) is 28.9 Å². The van der Waals surface area contributed by atoms with Gasteiger partial charge >= 0.3 is 0 Å². The molecule has 1 aromatic heterocycles. The van der Waals surface area contributed by atoms with Gasteiger partial charge in [0.2, 0.25) is 0 Å². The predicted octanol–water partition coefficient (Wildman–Crippen LogP) is 2.25. The maximum atomic E-state index is 6.19. The molecule has 0 atom stereocenters. The van der Waals surface area contributed by atoms with Crippen LogP contribution in [-0.2, 0) is 0 Å². The number of piperazine rings is 1. The number of halogens is 2. The number of rotatable bonds is 5. The highest BCUT2D eigenvalue weighted by atomic mass is 35.5. The zero-order valence-electron chi connectivity index (χ0n) is 11.0. The average molecular weight is 303 g/mol. The lowest BCUT2D eigenvalue weighted by Crippen LogP contribution is -2.47. The average Bonchev–Trinajstić information content (AvgIpc) is 2.40.